The molecule has 0 aromatic heterocycles. The molecule has 3 atom stereocenters. The molecule has 0 bridgehead atoms. The number of likely N-dealkylation sites (tertiary alicyclic amines) is 1. The summed E-state index contributed by atoms with van der Waals surface area (Å²) < 4.78 is 32.5. The third-order valence-corrected chi connectivity index (χ3v) is 6.88. The molecule has 1 aliphatic heterocycles. The number of rotatable bonds is 3. The van der Waals surface area contributed by atoms with E-state index in [1.165, 1.54) is 0 Å². The van der Waals surface area contributed by atoms with E-state index in [1.807, 2.05) is 20.8 Å². The largest absolute Gasteiger partial charge is 0.444 e. The summed E-state index contributed by atoms with van der Waals surface area (Å²) in [6, 6.07) is -0.192. The van der Waals surface area contributed by atoms with E-state index in [0.717, 1.165) is 19.3 Å². The van der Waals surface area contributed by atoms with Gasteiger partial charge in [-0.1, -0.05) is 6.92 Å². The van der Waals surface area contributed by atoms with Crippen LogP contribution in [0, 0.1) is 5.92 Å². The number of carbonyl (C=O) groups is 1. The first-order valence-electron chi connectivity index (χ1n) is 8.05. The number of amides is 1. The Bertz CT molecular complexity index is 579. The van der Waals surface area contributed by atoms with E-state index >= 15 is 0 Å². The van der Waals surface area contributed by atoms with Crippen LogP contribution in [0.3, 0.4) is 0 Å². The maximum Gasteiger partial charge on any atom is 0.410 e. The summed E-state index contributed by atoms with van der Waals surface area (Å²) in [5.74, 6) is 0.399. The Kier molecular flexibility index (Phi) is 3.53. The van der Waals surface area contributed by atoms with Gasteiger partial charge in [-0.05, 0) is 52.4 Å². The monoisotopic (exact) mass is 330 g/mol. The Balaban J connectivity index is 1.70. The van der Waals surface area contributed by atoms with Crippen LogP contribution in [0.5, 0.6) is 0 Å². The predicted molar refractivity (Wildman–Crippen MR) is 82.9 cm³/mol. The fourth-order valence-corrected chi connectivity index (χ4v) is 5.07. The van der Waals surface area contributed by atoms with Crippen molar-refractivity contribution >= 4 is 16.1 Å². The molecule has 2 saturated carbocycles. The van der Waals surface area contributed by atoms with E-state index in [0.29, 0.717) is 18.9 Å². The Morgan fingerprint density at radius 3 is 2.32 bits per heavy atom. The second-order valence-electron chi connectivity index (χ2n) is 8.06. The Morgan fingerprint density at radius 2 is 1.86 bits per heavy atom. The van der Waals surface area contributed by atoms with Gasteiger partial charge in [0.1, 0.15) is 5.60 Å². The van der Waals surface area contributed by atoms with Gasteiger partial charge in [0.2, 0.25) is 10.0 Å². The van der Waals surface area contributed by atoms with Crippen molar-refractivity contribution < 1.29 is 17.9 Å². The lowest BCUT2D eigenvalue weighted by Gasteiger charge is -2.29. The Labute approximate surface area is 132 Å². The molecule has 1 spiro atoms. The molecule has 3 aliphatic rings. The maximum atomic E-state index is 12.4. The summed E-state index contributed by atoms with van der Waals surface area (Å²) in [5.41, 5.74) is -0.749. The second-order valence-corrected chi connectivity index (χ2v) is 10.1. The average molecular weight is 330 g/mol. The molecule has 0 aromatic carbocycles. The van der Waals surface area contributed by atoms with Crippen molar-refractivity contribution in [1.29, 1.82) is 0 Å². The normalized spacial score (nSPS) is 35.0. The minimum absolute atomic E-state index is 0.192. The zero-order chi connectivity index (χ0) is 16.3. The zero-order valence-corrected chi connectivity index (χ0v) is 14.6. The summed E-state index contributed by atoms with van der Waals surface area (Å²) in [4.78, 5) is 14.2. The van der Waals surface area contributed by atoms with Crippen molar-refractivity contribution in [1.82, 2.24) is 9.62 Å². The molecule has 1 N–H and O–H groups in total. The van der Waals surface area contributed by atoms with Gasteiger partial charge in [0, 0.05) is 12.6 Å². The zero-order valence-electron chi connectivity index (χ0n) is 13.8. The fourth-order valence-electron chi connectivity index (χ4n) is 3.49. The smallest absolute Gasteiger partial charge is 0.410 e. The summed E-state index contributed by atoms with van der Waals surface area (Å²) in [6.45, 7) is 8.05. The summed E-state index contributed by atoms with van der Waals surface area (Å²) >= 11 is 0. The molecule has 6 nitrogen and oxygen atoms in total. The van der Waals surface area contributed by atoms with E-state index in [2.05, 4.69) is 11.6 Å². The maximum absolute atomic E-state index is 12.4. The van der Waals surface area contributed by atoms with Crippen LogP contribution in [0.15, 0.2) is 0 Å². The van der Waals surface area contributed by atoms with Crippen LogP contribution in [0.25, 0.3) is 0 Å². The van der Waals surface area contributed by atoms with E-state index in [4.69, 9.17) is 4.74 Å². The van der Waals surface area contributed by atoms with Gasteiger partial charge in [-0.3, -0.25) is 0 Å². The minimum atomic E-state index is -3.22. The second kappa shape index (κ2) is 4.84. The van der Waals surface area contributed by atoms with Crippen molar-refractivity contribution in [2.45, 2.75) is 75.8 Å². The quantitative estimate of drug-likeness (QED) is 0.857. The van der Waals surface area contributed by atoms with E-state index < -0.39 is 15.6 Å². The number of sulfonamides is 1. The SMILES string of the molecule is CC1CC12C[C@H](NS(=O)(=O)C1CC1)CN2C(=O)OC(C)(C)C. The van der Waals surface area contributed by atoms with Gasteiger partial charge in [0.25, 0.3) is 0 Å². The van der Waals surface area contributed by atoms with E-state index in [-0.39, 0.29) is 22.9 Å². The molecule has 126 valence electrons. The van der Waals surface area contributed by atoms with Crippen molar-refractivity contribution in [3.05, 3.63) is 0 Å². The van der Waals surface area contributed by atoms with Crippen LogP contribution in [0.1, 0.15) is 53.4 Å². The lowest BCUT2D eigenvalue weighted by Crippen LogP contribution is -2.43. The summed E-state index contributed by atoms with van der Waals surface area (Å²) in [5, 5.41) is -0.226. The first-order valence-corrected chi connectivity index (χ1v) is 9.60. The van der Waals surface area contributed by atoms with Gasteiger partial charge in [0.05, 0.1) is 10.8 Å². The van der Waals surface area contributed by atoms with Gasteiger partial charge < -0.3 is 9.64 Å². The highest BCUT2D eigenvalue weighted by Crippen LogP contribution is 2.55. The predicted octanol–water partition coefficient (Wildman–Crippen LogP) is 1.86. The molecular weight excluding hydrogens is 304 g/mol. The van der Waals surface area contributed by atoms with Crippen LogP contribution in [-0.4, -0.2) is 48.4 Å². The molecule has 7 heteroatoms. The van der Waals surface area contributed by atoms with Crippen LogP contribution < -0.4 is 4.72 Å². The Morgan fingerprint density at radius 1 is 1.27 bits per heavy atom. The molecule has 0 radical (unpaired) electrons. The lowest BCUT2D eigenvalue weighted by molar-refractivity contribution is 0.0188. The molecular formula is C15H26N2O4S. The Hall–Kier alpha value is -0.820. The molecule has 2 aliphatic carbocycles. The number of hydrogen-bond acceptors (Lipinski definition) is 4. The van der Waals surface area contributed by atoms with Crippen molar-refractivity contribution in [2.75, 3.05) is 6.54 Å². The highest BCUT2D eigenvalue weighted by molar-refractivity contribution is 7.90. The van der Waals surface area contributed by atoms with Gasteiger partial charge in [-0.15, -0.1) is 0 Å². The van der Waals surface area contributed by atoms with Crippen LogP contribution in [0.4, 0.5) is 4.79 Å². The molecule has 3 rings (SSSR count). The van der Waals surface area contributed by atoms with Crippen LogP contribution in [-0.2, 0) is 14.8 Å². The molecule has 3 fully saturated rings. The van der Waals surface area contributed by atoms with Gasteiger partial charge in [-0.25, -0.2) is 17.9 Å². The van der Waals surface area contributed by atoms with Gasteiger partial charge in [-0.2, -0.15) is 0 Å². The van der Waals surface area contributed by atoms with E-state index in [9.17, 15) is 13.2 Å². The van der Waals surface area contributed by atoms with Gasteiger partial charge in [0.15, 0.2) is 0 Å². The molecule has 1 amide bonds. The molecule has 0 aromatic rings. The fraction of sp³-hybridized carbons (Fsp3) is 0.933. The number of carbonyl (C=O) groups excluding carboxylic acids is 1. The van der Waals surface area contributed by atoms with Crippen molar-refractivity contribution in [2.24, 2.45) is 5.92 Å². The number of nitrogens with one attached hydrogen (secondary N) is 1. The molecule has 2 unspecified atom stereocenters. The first-order chi connectivity index (χ1) is 10.0. The third-order valence-electron chi connectivity index (χ3n) is 4.87. The molecule has 1 heterocycles. The summed E-state index contributed by atoms with van der Waals surface area (Å²) in [7, 11) is -3.22. The highest BCUT2D eigenvalue weighted by Gasteiger charge is 2.63. The molecule has 22 heavy (non-hydrogen) atoms. The van der Waals surface area contributed by atoms with Crippen LogP contribution in [0.2, 0.25) is 0 Å². The molecule has 1 saturated heterocycles. The van der Waals surface area contributed by atoms with Crippen molar-refractivity contribution in [3.63, 3.8) is 0 Å². The average Bonchev–Trinajstić information content (AvgIpc) is 3.20. The van der Waals surface area contributed by atoms with Gasteiger partial charge >= 0.3 is 6.09 Å². The number of nitrogens with zero attached hydrogens (tertiary/aromatic N) is 1. The number of ether oxygens (including phenoxy) is 1. The van der Waals surface area contributed by atoms with Crippen molar-refractivity contribution in [3.8, 4) is 0 Å². The third kappa shape index (κ3) is 2.97. The standard InChI is InChI=1S/C15H26N2O4S/c1-10-7-15(10)8-11(16-22(19,20)12-5-6-12)9-17(15)13(18)21-14(2,3)4/h10-12,16H,5-9H2,1-4H3/t10?,11-,15?/m0/s1. The van der Waals surface area contributed by atoms with E-state index in [1.54, 1.807) is 4.90 Å². The van der Waals surface area contributed by atoms with Crippen LogP contribution >= 0.6 is 0 Å². The number of hydrogen-bond donors (Lipinski definition) is 1. The highest BCUT2D eigenvalue weighted by atomic mass is 32.2. The lowest BCUT2D eigenvalue weighted by atomic mass is 10.1. The minimum Gasteiger partial charge on any atom is -0.444 e. The first kappa shape index (κ1) is 16.1. The summed E-state index contributed by atoms with van der Waals surface area (Å²) in [6.07, 6.45) is 2.79. The topological polar surface area (TPSA) is 75.7 Å².